The number of carbonyl (C=O) groups is 2. The van der Waals surface area contributed by atoms with Gasteiger partial charge in [-0.3, -0.25) is 24.6 Å². The molecule has 0 bridgehead atoms. The number of nitro groups is 1. The molecule has 2 aromatic rings. The third-order valence-corrected chi connectivity index (χ3v) is 5.59. The van der Waals surface area contributed by atoms with Gasteiger partial charge in [-0.1, -0.05) is 46.9 Å². The van der Waals surface area contributed by atoms with E-state index in [9.17, 15) is 19.7 Å². The third kappa shape index (κ3) is 4.11. The molecule has 0 radical (unpaired) electrons. The van der Waals surface area contributed by atoms with E-state index in [4.69, 9.17) is 34.8 Å². The number of nitrogens with zero attached hydrogens (tertiary/aromatic N) is 2. The summed E-state index contributed by atoms with van der Waals surface area (Å²) in [4.78, 5) is 36.4. The van der Waals surface area contributed by atoms with Crippen LogP contribution in [0.5, 0.6) is 0 Å². The summed E-state index contributed by atoms with van der Waals surface area (Å²) in [6, 6.07) is 9.24. The average molecular weight is 444 g/mol. The zero-order valence-electron chi connectivity index (χ0n) is 13.3. The maximum atomic E-state index is 12.6. The van der Waals surface area contributed by atoms with Crippen molar-refractivity contribution in [3.63, 3.8) is 0 Å². The van der Waals surface area contributed by atoms with Gasteiger partial charge in [0.05, 0.1) is 16.4 Å². The van der Waals surface area contributed by atoms with Gasteiger partial charge in [0, 0.05) is 21.7 Å². The van der Waals surface area contributed by atoms with E-state index in [0.29, 0.717) is 16.8 Å². The number of hydrogen-bond donors (Lipinski definition) is 0. The maximum absolute atomic E-state index is 12.6. The molecular weight excluding hydrogens is 435 g/mol. The molecule has 0 N–H and O–H groups in total. The maximum Gasteiger partial charge on any atom is 0.293 e. The van der Waals surface area contributed by atoms with Crippen LogP contribution in [-0.2, 0) is 11.3 Å². The summed E-state index contributed by atoms with van der Waals surface area (Å²) in [5, 5.41) is 11.1. The summed E-state index contributed by atoms with van der Waals surface area (Å²) >= 11 is 18.7. The van der Waals surface area contributed by atoms with E-state index in [2.05, 4.69) is 0 Å². The summed E-state index contributed by atoms with van der Waals surface area (Å²) < 4.78 is 0. The number of benzene rings is 2. The molecular formula is C17H9Cl3N2O4S. The Kier molecular flexibility index (Phi) is 5.76. The molecule has 2 amide bonds. The van der Waals surface area contributed by atoms with Gasteiger partial charge >= 0.3 is 0 Å². The van der Waals surface area contributed by atoms with Crippen LogP contribution in [0.15, 0.2) is 41.3 Å². The Bertz CT molecular complexity index is 992. The van der Waals surface area contributed by atoms with Gasteiger partial charge in [-0.2, -0.15) is 0 Å². The van der Waals surface area contributed by atoms with E-state index in [0.717, 1.165) is 10.5 Å². The second kappa shape index (κ2) is 7.90. The smallest absolute Gasteiger partial charge is 0.268 e. The van der Waals surface area contributed by atoms with E-state index >= 15 is 0 Å². The SMILES string of the molecule is O=C1S/C(=C\c2c(Cl)ccc([N+](=O)[O-])c2Cl)C(=O)N1Cc1ccc(Cl)cc1. The van der Waals surface area contributed by atoms with E-state index in [-0.39, 0.29) is 32.7 Å². The first-order valence-electron chi connectivity index (χ1n) is 7.40. The van der Waals surface area contributed by atoms with Crippen molar-refractivity contribution in [2.75, 3.05) is 0 Å². The van der Waals surface area contributed by atoms with Crippen LogP contribution in [0.1, 0.15) is 11.1 Å². The van der Waals surface area contributed by atoms with Crippen molar-refractivity contribution in [2.45, 2.75) is 6.54 Å². The summed E-state index contributed by atoms with van der Waals surface area (Å²) in [6.07, 6.45) is 1.30. The largest absolute Gasteiger partial charge is 0.293 e. The van der Waals surface area contributed by atoms with E-state index < -0.39 is 16.1 Å². The molecule has 138 valence electrons. The van der Waals surface area contributed by atoms with Crippen molar-refractivity contribution in [1.29, 1.82) is 0 Å². The topological polar surface area (TPSA) is 80.5 Å². The van der Waals surface area contributed by atoms with Gasteiger partial charge in [0.15, 0.2) is 0 Å². The number of hydrogen-bond acceptors (Lipinski definition) is 5. The van der Waals surface area contributed by atoms with E-state index in [1.807, 2.05) is 0 Å². The molecule has 0 spiro atoms. The van der Waals surface area contributed by atoms with Gasteiger partial charge < -0.3 is 0 Å². The molecule has 1 fully saturated rings. The Balaban J connectivity index is 1.92. The van der Waals surface area contributed by atoms with Crippen molar-refractivity contribution in [1.82, 2.24) is 4.90 Å². The lowest BCUT2D eigenvalue weighted by Crippen LogP contribution is -2.27. The number of rotatable bonds is 4. The molecule has 10 heteroatoms. The van der Waals surface area contributed by atoms with Gasteiger partial charge in [0.2, 0.25) is 0 Å². The molecule has 27 heavy (non-hydrogen) atoms. The highest BCUT2D eigenvalue weighted by molar-refractivity contribution is 8.18. The van der Waals surface area contributed by atoms with Crippen LogP contribution in [-0.4, -0.2) is 21.0 Å². The molecule has 1 heterocycles. The average Bonchev–Trinajstić information content (AvgIpc) is 2.87. The van der Waals surface area contributed by atoms with Crippen molar-refractivity contribution in [3.8, 4) is 0 Å². The third-order valence-electron chi connectivity index (χ3n) is 3.71. The quantitative estimate of drug-likeness (QED) is 0.339. The molecule has 1 aliphatic heterocycles. The van der Waals surface area contributed by atoms with Crippen LogP contribution in [0.4, 0.5) is 10.5 Å². The fraction of sp³-hybridized carbons (Fsp3) is 0.0588. The monoisotopic (exact) mass is 442 g/mol. The number of nitro benzene ring substituents is 1. The van der Waals surface area contributed by atoms with Crippen LogP contribution < -0.4 is 0 Å². The lowest BCUT2D eigenvalue weighted by molar-refractivity contribution is -0.384. The number of carbonyl (C=O) groups excluding carboxylic acids is 2. The highest BCUT2D eigenvalue weighted by Crippen LogP contribution is 2.39. The van der Waals surface area contributed by atoms with Crippen LogP contribution in [0.25, 0.3) is 6.08 Å². The normalized spacial score (nSPS) is 15.7. The second-order valence-electron chi connectivity index (χ2n) is 5.45. The summed E-state index contributed by atoms with van der Waals surface area (Å²) in [5.41, 5.74) is 0.506. The van der Waals surface area contributed by atoms with E-state index in [1.54, 1.807) is 24.3 Å². The van der Waals surface area contributed by atoms with Crippen molar-refractivity contribution in [3.05, 3.63) is 77.6 Å². The van der Waals surface area contributed by atoms with Crippen molar-refractivity contribution < 1.29 is 14.5 Å². The van der Waals surface area contributed by atoms with Crippen LogP contribution in [0.2, 0.25) is 15.1 Å². The summed E-state index contributed by atoms with van der Waals surface area (Å²) in [7, 11) is 0. The predicted molar refractivity (Wildman–Crippen MR) is 106 cm³/mol. The number of imide groups is 1. The summed E-state index contributed by atoms with van der Waals surface area (Å²) in [5.74, 6) is -0.529. The first-order valence-corrected chi connectivity index (χ1v) is 9.35. The molecule has 3 rings (SSSR count). The van der Waals surface area contributed by atoms with Crippen LogP contribution in [0, 0.1) is 10.1 Å². The van der Waals surface area contributed by atoms with E-state index in [1.165, 1.54) is 18.2 Å². The molecule has 1 aliphatic rings. The van der Waals surface area contributed by atoms with Crippen molar-refractivity contribution in [2.24, 2.45) is 0 Å². The first kappa shape index (κ1) is 19.7. The minimum Gasteiger partial charge on any atom is -0.268 e. The lowest BCUT2D eigenvalue weighted by atomic mass is 10.1. The molecule has 0 unspecified atom stereocenters. The lowest BCUT2D eigenvalue weighted by Gasteiger charge is -2.12. The Hall–Kier alpha value is -2.06. The standard InChI is InChI=1S/C17H9Cl3N2O4S/c18-10-3-1-9(2-4-10)8-21-16(23)14(27-17(21)24)7-11-12(19)5-6-13(15(11)20)22(25)26/h1-7H,8H2/b14-7-. The van der Waals surface area contributed by atoms with Gasteiger partial charge in [0.25, 0.3) is 16.8 Å². The highest BCUT2D eigenvalue weighted by atomic mass is 35.5. The minimum absolute atomic E-state index is 0.0789. The molecule has 2 aromatic carbocycles. The first-order chi connectivity index (χ1) is 12.8. The van der Waals surface area contributed by atoms with Gasteiger partial charge in [-0.25, -0.2) is 0 Å². The fourth-order valence-corrected chi connectivity index (χ4v) is 3.87. The number of amides is 2. The molecule has 0 atom stereocenters. The molecule has 0 aliphatic carbocycles. The highest BCUT2D eigenvalue weighted by Gasteiger charge is 2.35. The van der Waals surface area contributed by atoms with Crippen molar-refractivity contribution >= 4 is 69.5 Å². The Morgan fingerprint density at radius 2 is 1.74 bits per heavy atom. The van der Waals surface area contributed by atoms with Crippen LogP contribution in [0.3, 0.4) is 0 Å². The molecule has 0 saturated carbocycles. The van der Waals surface area contributed by atoms with Gasteiger partial charge in [0.1, 0.15) is 5.02 Å². The van der Waals surface area contributed by atoms with Crippen LogP contribution >= 0.6 is 46.6 Å². The zero-order valence-corrected chi connectivity index (χ0v) is 16.4. The second-order valence-corrected chi connectivity index (χ2v) is 7.66. The Labute approximate surface area is 172 Å². The fourth-order valence-electron chi connectivity index (χ4n) is 2.37. The number of halogens is 3. The number of thioether (sulfide) groups is 1. The predicted octanol–water partition coefficient (Wildman–Crippen LogP) is 5.79. The Morgan fingerprint density at radius 1 is 1.07 bits per heavy atom. The zero-order chi connectivity index (χ0) is 19.7. The molecule has 6 nitrogen and oxygen atoms in total. The van der Waals surface area contributed by atoms with Gasteiger partial charge in [-0.15, -0.1) is 0 Å². The summed E-state index contributed by atoms with van der Waals surface area (Å²) in [6.45, 7) is 0.0789. The van der Waals surface area contributed by atoms with Gasteiger partial charge in [-0.05, 0) is 41.6 Å². The molecule has 0 aromatic heterocycles. The Morgan fingerprint density at radius 3 is 2.37 bits per heavy atom. The minimum atomic E-state index is -0.651. The molecule has 1 saturated heterocycles.